The summed E-state index contributed by atoms with van der Waals surface area (Å²) in [6.07, 6.45) is 0.404. The van der Waals surface area contributed by atoms with Crippen LogP contribution in [0, 0.1) is 10.1 Å². The van der Waals surface area contributed by atoms with E-state index in [1.165, 1.54) is 23.2 Å². The molecule has 1 aromatic heterocycles. The molecule has 0 aliphatic heterocycles. The molecule has 0 N–H and O–H groups in total. The fraction of sp³-hybridized carbons (Fsp3) is 0.500. The van der Waals surface area contributed by atoms with Crippen molar-refractivity contribution in [2.24, 2.45) is 0 Å². The number of nitro groups is 1. The van der Waals surface area contributed by atoms with Gasteiger partial charge in [0.15, 0.2) is 0 Å². The third kappa shape index (κ3) is 2.66. The van der Waals surface area contributed by atoms with E-state index < -0.39 is 17.9 Å². The van der Waals surface area contributed by atoms with E-state index in [0.29, 0.717) is 0 Å². The molecule has 7 heteroatoms. The highest BCUT2D eigenvalue weighted by molar-refractivity contribution is 5.58. The minimum Gasteiger partial charge on any atom is -0.342 e. The molecule has 0 unspecified atom stereocenters. The summed E-state index contributed by atoms with van der Waals surface area (Å²) < 4.78 is 24.9. The van der Waals surface area contributed by atoms with Crippen molar-refractivity contribution >= 4 is 11.5 Å². The minimum absolute atomic E-state index is 0.0419. The molecule has 0 amide bonds. The maximum atomic E-state index is 12.5. The number of nitrogens with zero attached hydrogens (tertiary/aromatic N) is 3. The smallest absolute Gasteiger partial charge is 0.311 e. The molecule has 0 bridgehead atoms. The molecule has 1 aliphatic rings. The average molecular weight is 243 g/mol. The predicted molar refractivity (Wildman–Crippen MR) is 57.3 cm³/mol. The Morgan fingerprint density at radius 1 is 1.59 bits per heavy atom. The molecule has 0 aromatic carbocycles. The molecule has 0 saturated heterocycles. The largest absolute Gasteiger partial charge is 0.342 e. The third-order valence-corrected chi connectivity index (χ3v) is 2.56. The number of rotatable bonds is 5. The molecule has 1 heterocycles. The molecular formula is C10H11F2N3O2. The highest BCUT2D eigenvalue weighted by Gasteiger charge is 2.35. The van der Waals surface area contributed by atoms with Gasteiger partial charge in [0, 0.05) is 18.3 Å². The van der Waals surface area contributed by atoms with Crippen LogP contribution in [0.1, 0.15) is 12.8 Å². The summed E-state index contributed by atoms with van der Waals surface area (Å²) in [5.41, 5.74) is -0.222. The van der Waals surface area contributed by atoms with Gasteiger partial charge in [0.1, 0.15) is 0 Å². The summed E-state index contributed by atoms with van der Waals surface area (Å²) >= 11 is 0. The molecule has 1 saturated carbocycles. The van der Waals surface area contributed by atoms with Gasteiger partial charge in [-0.25, -0.2) is 13.8 Å². The second-order valence-corrected chi connectivity index (χ2v) is 3.88. The first kappa shape index (κ1) is 11.7. The van der Waals surface area contributed by atoms with Crippen molar-refractivity contribution < 1.29 is 13.7 Å². The molecule has 17 heavy (non-hydrogen) atoms. The minimum atomic E-state index is -2.53. The van der Waals surface area contributed by atoms with Crippen molar-refractivity contribution in [2.45, 2.75) is 25.3 Å². The van der Waals surface area contributed by atoms with Gasteiger partial charge < -0.3 is 4.90 Å². The van der Waals surface area contributed by atoms with Gasteiger partial charge in [-0.15, -0.1) is 0 Å². The van der Waals surface area contributed by atoms with Gasteiger partial charge in [0.25, 0.3) is 6.43 Å². The van der Waals surface area contributed by atoms with Crippen molar-refractivity contribution in [3.8, 4) is 0 Å². The van der Waals surface area contributed by atoms with E-state index in [9.17, 15) is 18.9 Å². The number of hydrogen-bond acceptors (Lipinski definition) is 4. The molecule has 0 spiro atoms. The molecule has 1 aromatic rings. The standard InChI is InChI=1S/C10H11F2N3O2/c11-9(12)6-14(7-3-4-7)10-8(15(16)17)2-1-5-13-10/h1-2,5,7,9H,3-4,6H2. The maximum absolute atomic E-state index is 12.5. The summed E-state index contributed by atoms with van der Waals surface area (Å²) in [4.78, 5) is 15.4. The SMILES string of the molecule is O=[N+]([O-])c1cccnc1N(CC(F)F)C1CC1. The summed E-state index contributed by atoms with van der Waals surface area (Å²) in [6, 6.07) is 2.66. The molecule has 0 radical (unpaired) electrons. The molecule has 1 aliphatic carbocycles. The zero-order valence-corrected chi connectivity index (χ0v) is 8.92. The van der Waals surface area contributed by atoms with Gasteiger partial charge in [0.2, 0.25) is 5.82 Å². The molecular weight excluding hydrogens is 232 g/mol. The first-order chi connectivity index (χ1) is 8.09. The fourth-order valence-corrected chi connectivity index (χ4v) is 1.70. The summed E-state index contributed by atoms with van der Waals surface area (Å²) in [7, 11) is 0. The van der Waals surface area contributed by atoms with Crippen LogP contribution in [0.2, 0.25) is 0 Å². The number of hydrogen-bond donors (Lipinski definition) is 0. The Hall–Kier alpha value is -1.79. The second kappa shape index (κ2) is 4.60. The third-order valence-electron chi connectivity index (χ3n) is 2.56. The summed E-state index contributed by atoms with van der Waals surface area (Å²) in [5.74, 6) is 0.0419. The fourth-order valence-electron chi connectivity index (χ4n) is 1.70. The van der Waals surface area contributed by atoms with Gasteiger partial charge in [0.05, 0.1) is 11.5 Å². The van der Waals surface area contributed by atoms with Crippen LogP contribution in [0.25, 0.3) is 0 Å². The first-order valence-corrected chi connectivity index (χ1v) is 5.24. The van der Waals surface area contributed by atoms with Crippen molar-refractivity contribution in [2.75, 3.05) is 11.4 Å². The van der Waals surface area contributed by atoms with E-state index in [0.717, 1.165) is 12.8 Å². The number of pyridine rings is 1. The number of anilines is 1. The molecule has 2 rings (SSSR count). The van der Waals surface area contributed by atoms with Crippen LogP contribution in [0.4, 0.5) is 20.3 Å². The molecule has 1 fully saturated rings. The quantitative estimate of drug-likeness (QED) is 0.587. The lowest BCUT2D eigenvalue weighted by Crippen LogP contribution is -2.32. The van der Waals surface area contributed by atoms with Crippen LogP contribution in [0.3, 0.4) is 0 Å². The van der Waals surface area contributed by atoms with Crippen molar-refractivity contribution in [3.05, 3.63) is 28.4 Å². The van der Waals surface area contributed by atoms with Crippen LogP contribution >= 0.6 is 0 Å². The molecule has 92 valence electrons. The zero-order chi connectivity index (χ0) is 12.4. The van der Waals surface area contributed by atoms with E-state index in [-0.39, 0.29) is 17.5 Å². The van der Waals surface area contributed by atoms with E-state index >= 15 is 0 Å². The lowest BCUT2D eigenvalue weighted by atomic mass is 10.3. The van der Waals surface area contributed by atoms with Crippen LogP contribution in [0.15, 0.2) is 18.3 Å². The van der Waals surface area contributed by atoms with Crippen molar-refractivity contribution in [1.82, 2.24) is 4.98 Å². The normalized spacial score (nSPS) is 15.0. The zero-order valence-electron chi connectivity index (χ0n) is 8.92. The van der Waals surface area contributed by atoms with E-state index in [1.54, 1.807) is 0 Å². The highest BCUT2D eigenvalue weighted by atomic mass is 19.3. The van der Waals surface area contributed by atoms with Gasteiger partial charge in [-0.2, -0.15) is 0 Å². The Morgan fingerprint density at radius 2 is 2.29 bits per heavy atom. The lowest BCUT2D eigenvalue weighted by molar-refractivity contribution is -0.384. The van der Waals surface area contributed by atoms with Gasteiger partial charge in [-0.1, -0.05) is 0 Å². The van der Waals surface area contributed by atoms with Crippen LogP contribution in [-0.2, 0) is 0 Å². The van der Waals surface area contributed by atoms with Crippen molar-refractivity contribution in [3.63, 3.8) is 0 Å². The Morgan fingerprint density at radius 3 is 2.82 bits per heavy atom. The topological polar surface area (TPSA) is 59.3 Å². The van der Waals surface area contributed by atoms with Crippen LogP contribution in [-0.4, -0.2) is 28.9 Å². The Kier molecular flexibility index (Phi) is 3.16. The van der Waals surface area contributed by atoms with Gasteiger partial charge in [-0.05, 0) is 18.9 Å². The van der Waals surface area contributed by atoms with Crippen molar-refractivity contribution in [1.29, 1.82) is 0 Å². The van der Waals surface area contributed by atoms with Crippen LogP contribution < -0.4 is 4.90 Å². The van der Waals surface area contributed by atoms with Crippen LogP contribution in [0.5, 0.6) is 0 Å². The Bertz CT molecular complexity index is 424. The second-order valence-electron chi connectivity index (χ2n) is 3.88. The van der Waals surface area contributed by atoms with E-state index in [1.807, 2.05) is 0 Å². The lowest BCUT2D eigenvalue weighted by Gasteiger charge is -2.22. The van der Waals surface area contributed by atoms with Gasteiger partial charge >= 0.3 is 5.69 Å². The number of aromatic nitrogens is 1. The van der Waals surface area contributed by atoms with Gasteiger partial charge in [-0.3, -0.25) is 10.1 Å². The number of alkyl halides is 2. The molecule has 0 atom stereocenters. The molecule has 5 nitrogen and oxygen atoms in total. The Balaban J connectivity index is 2.31. The highest BCUT2D eigenvalue weighted by Crippen LogP contribution is 2.35. The predicted octanol–water partition coefficient (Wildman–Crippen LogP) is 2.22. The van der Waals surface area contributed by atoms with E-state index in [4.69, 9.17) is 0 Å². The monoisotopic (exact) mass is 243 g/mol. The maximum Gasteiger partial charge on any atom is 0.311 e. The summed E-state index contributed by atoms with van der Waals surface area (Å²) in [5, 5.41) is 10.8. The average Bonchev–Trinajstić information content (AvgIpc) is 3.09. The van der Waals surface area contributed by atoms with E-state index in [2.05, 4.69) is 4.98 Å². The Labute approximate surface area is 96.2 Å². The number of halogens is 2. The summed E-state index contributed by atoms with van der Waals surface area (Å²) in [6.45, 7) is -0.511. The first-order valence-electron chi connectivity index (χ1n) is 5.24.